The van der Waals surface area contributed by atoms with Crippen molar-refractivity contribution in [3.8, 4) is 6.01 Å². The molecule has 1 aromatic rings. The van der Waals surface area contributed by atoms with E-state index < -0.39 is 0 Å². The fraction of sp³-hybridized carbons (Fsp3) is 0.600. The minimum Gasteiger partial charge on any atom is -0.462 e. The molecule has 0 radical (unpaired) electrons. The van der Waals surface area contributed by atoms with E-state index in [9.17, 15) is 0 Å². The van der Waals surface area contributed by atoms with Gasteiger partial charge in [0.05, 0.1) is 4.47 Å². The van der Waals surface area contributed by atoms with Gasteiger partial charge >= 0.3 is 6.01 Å². The number of aromatic nitrogens is 2. The maximum absolute atomic E-state index is 5.49. The van der Waals surface area contributed by atoms with Crippen LogP contribution in [0.4, 0.5) is 0 Å². The third-order valence-electron chi connectivity index (χ3n) is 2.42. The second-order valence-electron chi connectivity index (χ2n) is 3.64. The normalized spacial score (nSPS) is 21.3. The molecule has 0 saturated carbocycles. The van der Waals surface area contributed by atoms with Gasteiger partial charge in [0.15, 0.2) is 0 Å². The van der Waals surface area contributed by atoms with Gasteiger partial charge in [-0.25, -0.2) is 9.97 Å². The molecule has 15 heavy (non-hydrogen) atoms. The molecule has 1 N–H and O–H groups in total. The summed E-state index contributed by atoms with van der Waals surface area (Å²) < 4.78 is 6.36. The zero-order chi connectivity index (χ0) is 10.5. The number of ether oxygens (including phenoxy) is 1. The van der Waals surface area contributed by atoms with Gasteiger partial charge in [-0.1, -0.05) is 6.42 Å². The summed E-state index contributed by atoms with van der Waals surface area (Å²) in [6.45, 7) is 1.75. The van der Waals surface area contributed by atoms with Crippen LogP contribution in [0.15, 0.2) is 16.9 Å². The van der Waals surface area contributed by atoms with Crippen molar-refractivity contribution in [2.24, 2.45) is 0 Å². The number of nitrogens with one attached hydrogen (secondary N) is 1. The Hall–Kier alpha value is -0.680. The van der Waals surface area contributed by atoms with Crippen molar-refractivity contribution in [1.29, 1.82) is 0 Å². The summed E-state index contributed by atoms with van der Waals surface area (Å²) in [4.78, 5) is 8.11. The second-order valence-corrected chi connectivity index (χ2v) is 4.56. The van der Waals surface area contributed by atoms with Gasteiger partial charge < -0.3 is 10.1 Å². The minimum absolute atomic E-state index is 0.450. The van der Waals surface area contributed by atoms with E-state index in [0.717, 1.165) is 11.0 Å². The monoisotopic (exact) mass is 271 g/mol. The first kappa shape index (κ1) is 10.8. The molecule has 2 rings (SSSR count). The largest absolute Gasteiger partial charge is 0.462 e. The second kappa shape index (κ2) is 5.42. The average Bonchev–Trinajstić information content (AvgIpc) is 2.30. The highest BCUT2D eigenvalue weighted by molar-refractivity contribution is 9.10. The molecule has 0 amide bonds. The van der Waals surface area contributed by atoms with Crippen molar-refractivity contribution >= 4 is 15.9 Å². The summed E-state index contributed by atoms with van der Waals surface area (Å²) in [5.41, 5.74) is 0. The van der Waals surface area contributed by atoms with E-state index in [1.165, 1.54) is 19.3 Å². The van der Waals surface area contributed by atoms with Crippen molar-refractivity contribution in [3.63, 3.8) is 0 Å². The smallest absolute Gasteiger partial charge is 0.316 e. The number of nitrogens with zero attached hydrogens (tertiary/aromatic N) is 2. The Morgan fingerprint density at radius 3 is 2.87 bits per heavy atom. The zero-order valence-electron chi connectivity index (χ0n) is 8.45. The van der Waals surface area contributed by atoms with Crippen LogP contribution in [0.3, 0.4) is 0 Å². The van der Waals surface area contributed by atoms with Gasteiger partial charge in [-0.3, -0.25) is 0 Å². The molecule has 0 spiro atoms. The Kier molecular flexibility index (Phi) is 3.91. The molecular formula is C10H14BrN3O. The zero-order valence-corrected chi connectivity index (χ0v) is 10.0. The van der Waals surface area contributed by atoms with Crippen LogP contribution in [0, 0.1) is 0 Å². The lowest BCUT2D eigenvalue weighted by molar-refractivity contribution is 0.224. The summed E-state index contributed by atoms with van der Waals surface area (Å²) in [7, 11) is 0. The molecule has 1 atom stereocenters. The molecule has 2 heterocycles. The summed E-state index contributed by atoms with van der Waals surface area (Å²) in [6.07, 6.45) is 7.11. The Morgan fingerprint density at radius 2 is 2.20 bits per heavy atom. The van der Waals surface area contributed by atoms with Crippen LogP contribution in [0.5, 0.6) is 6.01 Å². The number of rotatable bonds is 3. The van der Waals surface area contributed by atoms with Crippen LogP contribution in [-0.4, -0.2) is 29.2 Å². The van der Waals surface area contributed by atoms with Crippen LogP contribution in [0.25, 0.3) is 0 Å². The lowest BCUT2D eigenvalue weighted by Crippen LogP contribution is -2.38. The van der Waals surface area contributed by atoms with Crippen molar-refractivity contribution in [3.05, 3.63) is 16.9 Å². The van der Waals surface area contributed by atoms with E-state index in [0.29, 0.717) is 18.7 Å². The summed E-state index contributed by atoms with van der Waals surface area (Å²) >= 11 is 3.28. The Bertz CT molecular complexity index is 298. The predicted molar refractivity (Wildman–Crippen MR) is 60.9 cm³/mol. The quantitative estimate of drug-likeness (QED) is 0.910. The summed E-state index contributed by atoms with van der Waals surface area (Å²) in [5.74, 6) is 0. The topological polar surface area (TPSA) is 47.0 Å². The third kappa shape index (κ3) is 3.43. The fourth-order valence-electron chi connectivity index (χ4n) is 1.62. The van der Waals surface area contributed by atoms with Crippen molar-refractivity contribution in [2.75, 3.05) is 13.2 Å². The van der Waals surface area contributed by atoms with E-state index in [4.69, 9.17) is 4.74 Å². The molecule has 82 valence electrons. The Labute approximate surface area is 97.6 Å². The molecular weight excluding hydrogens is 258 g/mol. The molecule has 1 aliphatic heterocycles. The van der Waals surface area contributed by atoms with E-state index in [1.807, 2.05) is 0 Å². The van der Waals surface area contributed by atoms with Crippen molar-refractivity contribution < 1.29 is 4.74 Å². The standard InChI is InChI=1S/C10H14BrN3O/c11-8-5-13-10(14-6-8)15-7-9-3-1-2-4-12-9/h5-6,9,12H,1-4,7H2. The Balaban J connectivity index is 1.79. The molecule has 0 aliphatic carbocycles. The summed E-state index contributed by atoms with van der Waals surface area (Å²) in [6, 6.07) is 0.900. The van der Waals surface area contributed by atoms with Crippen LogP contribution in [0.1, 0.15) is 19.3 Å². The van der Waals surface area contributed by atoms with Crippen LogP contribution in [0.2, 0.25) is 0 Å². The molecule has 1 unspecified atom stereocenters. The number of piperidine rings is 1. The summed E-state index contributed by atoms with van der Waals surface area (Å²) in [5, 5.41) is 3.41. The van der Waals surface area contributed by atoms with Crippen LogP contribution >= 0.6 is 15.9 Å². The molecule has 0 bridgehead atoms. The van der Waals surface area contributed by atoms with Crippen LogP contribution in [-0.2, 0) is 0 Å². The number of halogens is 1. The number of hydrogen-bond donors (Lipinski definition) is 1. The molecule has 1 saturated heterocycles. The lowest BCUT2D eigenvalue weighted by atomic mass is 10.1. The highest BCUT2D eigenvalue weighted by Gasteiger charge is 2.13. The van der Waals surface area contributed by atoms with Gasteiger partial charge in [0.1, 0.15) is 6.61 Å². The average molecular weight is 272 g/mol. The van der Waals surface area contributed by atoms with Gasteiger partial charge in [-0.15, -0.1) is 0 Å². The third-order valence-corrected chi connectivity index (χ3v) is 2.83. The molecule has 1 aromatic heterocycles. The van der Waals surface area contributed by atoms with Gasteiger partial charge in [0.2, 0.25) is 0 Å². The highest BCUT2D eigenvalue weighted by Crippen LogP contribution is 2.10. The molecule has 1 aliphatic rings. The first-order valence-corrected chi connectivity index (χ1v) is 5.97. The van der Waals surface area contributed by atoms with Gasteiger partial charge in [-0.2, -0.15) is 0 Å². The molecule has 5 heteroatoms. The Morgan fingerprint density at radius 1 is 1.40 bits per heavy atom. The van der Waals surface area contributed by atoms with Crippen LogP contribution < -0.4 is 10.1 Å². The van der Waals surface area contributed by atoms with Gasteiger partial charge in [-0.05, 0) is 35.3 Å². The molecule has 1 fully saturated rings. The highest BCUT2D eigenvalue weighted by atomic mass is 79.9. The minimum atomic E-state index is 0.450. The van der Waals surface area contributed by atoms with Crippen molar-refractivity contribution in [1.82, 2.24) is 15.3 Å². The SMILES string of the molecule is Brc1cnc(OCC2CCCCN2)nc1. The molecule has 4 nitrogen and oxygen atoms in total. The fourth-order valence-corrected chi connectivity index (χ4v) is 1.82. The van der Waals surface area contributed by atoms with E-state index >= 15 is 0 Å². The van der Waals surface area contributed by atoms with E-state index in [-0.39, 0.29) is 0 Å². The van der Waals surface area contributed by atoms with Gasteiger partial charge in [0, 0.05) is 18.4 Å². The maximum atomic E-state index is 5.49. The van der Waals surface area contributed by atoms with Crippen molar-refractivity contribution in [2.45, 2.75) is 25.3 Å². The van der Waals surface area contributed by atoms with Gasteiger partial charge in [0.25, 0.3) is 0 Å². The molecule has 0 aromatic carbocycles. The predicted octanol–water partition coefficient (Wildman–Crippen LogP) is 1.76. The maximum Gasteiger partial charge on any atom is 0.316 e. The first-order valence-electron chi connectivity index (χ1n) is 5.18. The lowest BCUT2D eigenvalue weighted by Gasteiger charge is -2.22. The number of hydrogen-bond acceptors (Lipinski definition) is 4. The van der Waals surface area contributed by atoms with E-state index in [1.54, 1.807) is 12.4 Å². The first-order chi connectivity index (χ1) is 7.34. The van der Waals surface area contributed by atoms with E-state index in [2.05, 4.69) is 31.2 Å².